The second-order valence-electron chi connectivity index (χ2n) is 5.98. The van der Waals surface area contributed by atoms with Crippen molar-refractivity contribution in [3.63, 3.8) is 0 Å². The summed E-state index contributed by atoms with van der Waals surface area (Å²) >= 11 is 11.1. The topological polar surface area (TPSA) is 55.1 Å². The van der Waals surface area contributed by atoms with E-state index in [2.05, 4.69) is 12.2 Å². The zero-order valence-corrected chi connectivity index (χ0v) is 13.8. The van der Waals surface area contributed by atoms with Gasteiger partial charge in [0.25, 0.3) is 0 Å². The molecule has 0 atom stereocenters. The molecule has 3 nitrogen and oxygen atoms in total. The third-order valence-corrected chi connectivity index (χ3v) is 4.90. The van der Waals surface area contributed by atoms with Crippen molar-refractivity contribution in [1.29, 1.82) is 0 Å². The minimum atomic E-state index is -0.509. The number of nitrogens with one attached hydrogen (secondary N) is 1. The predicted octanol–water partition coefficient (Wildman–Crippen LogP) is 3.23. The minimum absolute atomic E-state index is 0.0420. The summed E-state index contributed by atoms with van der Waals surface area (Å²) in [7, 11) is 0. The van der Waals surface area contributed by atoms with Crippen molar-refractivity contribution in [2.45, 2.75) is 44.6 Å². The standard InChI is InChI=1S/C16H21ClN2OS/c1-11-6-8-16(9-7-11,15(18)21)19-14(20)10-12-2-4-13(17)5-3-12/h2-5,11H,6-10H2,1H3,(H2,18,21)(H,19,20). The van der Waals surface area contributed by atoms with Crippen molar-refractivity contribution in [1.82, 2.24) is 5.32 Å². The number of hydrogen-bond donors (Lipinski definition) is 2. The Balaban J connectivity index is 2.02. The van der Waals surface area contributed by atoms with E-state index in [1.807, 2.05) is 12.1 Å². The molecule has 0 radical (unpaired) electrons. The van der Waals surface area contributed by atoms with Gasteiger partial charge < -0.3 is 11.1 Å². The van der Waals surface area contributed by atoms with Gasteiger partial charge in [0.15, 0.2) is 0 Å². The van der Waals surface area contributed by atoms with Crippen LogP contribution in [0.25, 0.3) is 0 Å². The molecule has 1 amide bonds. The summed E-state index contributed by atoms with van der Waals surface area (Å²) < 4.78 is 0. The van der Waals surface area contributed by atoms with Gasteiger partial charge >= 0.3 is 0 Å². The Bertz CT molecular complexity index is 522. The van der Waals surface area contributed by atoms with Gasteiger partial charge in [-0.2, -0.15) is 0 Å². The zero-order chi connectivity index (χ0) is 15.5. The summed E-state index contributed by atoms with van der Waals surface area (Å²) in [4.78, 5) is 12.7. The Morgan fingerprint density at radius 1 is 1.38 bits per heavy atom. The average Bonchev–Trinajstić information content (AvgIpc) is 2.44. The molecule has 0 unspecified atom stereocenters. The molecule has 0 spiro atoms. The number of rotatable bonds is 4. The highest BCUT2D eigenvalue weighted by Gasteiger charge is 2.38. The molecule has 0 aliphatic heterocycles. The molecule has 0 aromatic heterocycles. The van der Waals surface area contributed by atoms with Crippen LogP contribution in [0.5, 0.6) is 0 Å². The van der Waals surface area contributed by atoms with Crippen LogP contribution in [0.3, 0.4) is 0 Å². The minimum Gasteiger partial charge on any atom is -0.391 e. The third kappa shape index (κ3) is 4.17. The first-order chi connectivity index (χ1) is 9.91. The van der Waals surface area contributed by atoms with Crippen LogP contribution in [0.4, 0.5) is 0 Å². The fourth-order valence-electron chi connectivity index (χ4n) is 2.79. The molecule has 3 N–H and O–H groups in total. The van der Waals surface area contributed by atoms with Crippen molar-refractivity contribution in [3.8, 4) is 0 Å². The molecule has 1 aliphatic rings. The van der Waals surface area contributed by atoms with E-state index < -0.39 is 5.54 Å². The Hall–Kier alpha value is -1.13. The third-order valence-electron chi connectivity index (χ3n) is 4.26. The summed E-state index contributed by atoms with van der Waals surface area (Å²) in [6.07, 6.45) is 4.06. The summed E-state index contributed by atoms with van der Waals surface area (Å²) in [5, 5.41) is 3.74. The number of carbonyl (C=O) groups excluding carboxylic acids is 1. The number of nitrogens with two attached hydrogens (primary N) is 1. The smallest absolute Gasteiger partial charge is 0.225 e. The molecule has 21 heavy (non-hydrogen) atoms. The maximum absolute atomic E-state index is 12.3. The van der Waals surface area contributed by atoms with Gasteiger partial charge in [0.05, 0.1) is 16.9 Å². The fourth-order valence-corrected chi connectivity index (χ4v) is 3.17. The average molecular weight is 325 g/mol. The van der Waals surface area contributed by atoms with E-state index in [4.69, 9.17) is 29.6 Å². The summed E-state index contributed by atoms with van der Waals surface area (Å²) in [6.45, 7) is 2.22. The molecule has 1 fully saturated rings. The predicted molar refractivity (Wildman–Crippen MR) is 90.4 cm³/mol. The molecular formula is C16H21ClN2OS. The lowest BCUT2D eigenvalue weighted by atomic mass is 9.77. The lowest BCUT2D eigenvalue weighted by Crippen LogP contribution is -2.58. The Kier molecular flexibility index (Phi) is 5.22. The highest BCUT2D eigenvalue weighted by Crippen LogP contribution is 2.32. The van der Waals surface area contributed by atoms with E-state index in [0.29, 0.717) is 22.3 Å². The molecular weight excluding hydrogens is 304 g/mol. The van der Waals surface area contributed by atoms with Gasteiger partial charge in [-0.1, -0.05) is 42.9 Å². The van der Waals surface area contributed by atoms with E-state index in [9.17, 15) is 4.79 Å². The second-order valence-corrected chi connectivity index (χ2v) is 6.86. The fraction of sp³-hybridized carbons (Fsp3) is 0.500. The lowest BCUT2D eigenvalue weighted by Gasteiger charge is -2.39. The Morgan fingerprint density at radius 2 is 1.95 bits per heavy atom. The Morgan fingerprint density at radius 3 is 2.48 bits per heavy atom. The molecule has 0 saturated heterocycles. The molecule has 1 aromatic carbocycles. The highest BCUT2D eigenvalue weighted by molar-refractivity contribution is 7.80. The van der Waals surface area contributed by atoms with Crippen LogP contribution in [-0.2, 0) is 11.2 Å². The van der Waals surface area contributed by atoms with E-state index in [0.717, 1.165) is 31.2 Å². The molecule has 1 saturated carbocycles. The first kappa shape index (κ1) is 16.2. The monoisotopic (exact) mass is 324 g/mol. The molecule has 114 valence electrons. The van der Waals surface area contributed by atoms with Crippen molar-refractivity contribution in [2.24, 2.45) is 11.7 Å². The van der Waals surface area contributed by atoms with Crippen LogP contribution in [-0.4, -0.2) is 16.4 Å². The van der Waals surface area contributed by atoms with Crippen molar-refractivity contribution < 1.29 is 4.79 Å². The van der Waals surface area contributed by atoms with Gasteiger partial charge in [-0.15, -0.1) is 0 Å². The first-order valence-electron chi connectivity index (χ1n) is 7.27. The van der Waals surface area contributed by atoms with Crippen LogP contribution in [0.1, 0.15) is 38.2 Å². The SMILES string of the molecule is CC1CCC(NC(=O)Cc2ccc(Cl)cc2)(C(N)=S)CC1. The van der Waals surface area contributed by atoms with E-state index in [1.54, 1.807) is 12.1 Å². The summed E-state index contributed by atoms with van der Waals surface area (Å²) in [5.74, 6) is 0.625. The largest absolute Gasteiger partial charge is 0.391 e. The number of thiocarbonyl (C=S) groups is 1. The number of amides is 1. The van der Waals surface area contributed by atoms with Crippen molar-refractivity contribution in [3.05, 3.63) is 34.9 Å². The quantitative estimate of drug-likeness (QED) is 0.836. The van der Waals surface area contributed by atoms with Crippen LogP contribution in [0.2, 0.25) is 5.02 Å². The van der Waals surface area contributed by atoms with E-state index >= 15 is 0 Å². The van der Waals surface area contributed by atoms with Crippen molar-refractivity contribution >= 4 is 34.7 Å². The molecule has 5 heteroatoms. The summed E-state index contributed by atoms with van der Waals surface area (Å²) in [5.41, 5.74) is 6.33. The van der Waals surface area contributed by atoms with Gasteiger partial charge in [0, 0.05) is 5.02 Å². The van der Waals surface area contributed by atoms with Gasteiger partial charge in [0.2, 0.25) is 5.91 Å². The molecule has 2 rings (SSSR count). The van der Waals surface area contributed by atoms with Gasteiger partial charge in [-0.25, -0.2) is 0 Å². The van der Waals surface area contributed by atoms with E-state index in [1.165, 1.54) is 0 Å². The lowest BCUT2D eigenvalue weighted by molar-refractivity contribution is -0.122. The van der Waals surface area contributed by atoms with Gasteiger partial charge in [-0.05, 0) is 49.3 Å². The Labute approximate surface area is 136 Å². The highest BCUT2D eigenvalue weighted by atomic mass is 35.5. The van der Waals surface area contributed by atoms with Crippen LogP contribution in [0.15, 0.2) is 24.3 Å². The molecule has 0 heterocycles. The number of halogens is 1. The molecule has 0 bridgehead atoms. The van der Waals surface area contributed by atoms with Crippen LogP contribution < -0.4 is 11.1 Å². The van der Waals surface area contributed by atoms with Crippen LogP contribution in [0, 0.1) is 5.92 Å². The maximum Gasteiger partial charge on any atom is 0.225 e. The second kappa shape index (κ2) is 6.75. The summed E-state index contributed by atoms with van der Waals surface area (Å²) in [6, 6.07) is 7.29. The number of carbonyl (C=O) groups is 1. The number of hydrogen-bond acceptors (Lipinski definition) is 2. The zero-order valence-electron chi connectivity index (χ0n) is 12.2. The number of benzene rings is 1. The van der Waals surface area contributed by atoms with Crippen LogP contribution >= 0.6 is 23.8 Å². The normalized spacial score (nSPS) is 25.3. The molecule has 1 aromatic rings. The molecule has 1 aliphatic carbocycles. The van der Waals surface area contributed by atoms with Gasteiger partial charge in [0.1, 0.15) is 0 Å². The van der Waals surface area contributed by atoms with Gasteiger partial charge in [-0.3, -0.25) is 4.79 Å². The first-order valence-corrected chi connectivity index (χ1v) is 8.05. The van der Waals surface area contributed by atoms with Crippen molar-refractivity contribution in [2.75, 3.05) is 0 Å². The van der Waals surface area contributed by atoms with E-state index in [-0.39, 0.29) is 5.91 Å². The maximum atomic E-state index is 12.3.